The second-order valence-corrected chi connectivity index (χ2v) is 4.64. The van der Waals surface area contributed by atoms with Gasteiger partial charge in [-0.25, -0.2) is 4.79 Å². The standard InChI is InChI=1S/C14H22N2O2/c1-5-14(6-2,7-3)16-12-8-10(4)15-9-11(12)13(17)18/h8-9H,5-7H2,1-4H3,(H,15,16)(H,17,18). The molecule has 0 fully saturated rings. The first-order valence-corrected chi connectivity index (χ1v) is 6.46. The summed E-state index contributed by atoms with van der Waals surface area (Å²) < 4.78 is 0. The van der Waals surface area contributed by atoms with Crippen LogP contribution in [-0.4, -0.2) is 21.6 Å². The zero-order valence-electron chi connectivity index (χ0n) is 11.6. The molecule has 0 aromatic carbocycles. The van der Waals surface area contributed by atoms with Crippen LogP contribution in [-0.2, 0) is 0 Å². The minimum Gasteiger partial charge on any atom is -0.478 e. The molecule has 0 aliphatic heterocycles. The van der Waals surface area contributed by atoms with Gasteiger partial charge >= 0.3 is 5.97 Å². The van der Waals surface area contributed by atoms with Gasteiger partial charge in [0.25, 0.3) is 0 Å². The number of aryl methyl sites for hydroxylation is 1. The highest BCUT2D eigenvalue weighted by atomic mass is 16.4. The number of carbonyl (C=O) groups is 1. The van der Waals surface area contributed by atoms with E-state index in [4.69, 9.17) is 0 Å². The fourth-order valence-corrected chi connectivity index (χ4v) is 2.13. The third kappa shape index (κ3) is 3.00. The molecule has 0 aliphatic rings. The number of anilines is 1. The topological polar surface area (TPSA) is 62.2 Å². The van der Waals surface area contributed by atoms with E-state index in [0.29, 0.717) is 5.69 Å². The van der Waals surface area contributed by atoms with Gasteiger partial charge in [-0.1, -0.05) is 20.8 Å². The molecule has 2 N–H and O–H groups in total. The van der Waals surface area contributed by atoms with Crippen molar-refractivity contribution in [2.75, 3.05) is 5.32 Å². The molecule has 0 saturated heterocycles. The number of aromatic nitrogens is 1. The molecule has 1 aromatic rings. The summed E-state index contributed by atoms with van der Waals surface area (Å²) in [5, 5.41) is 12.6. The summed E-state index contributed by atoms with van der Waals surface area (Å²) >= 11 is 0. The van der Waals surface area contributed by atoms with Crippen LogP contribution in [0.3, 0.4) is 0 Å². The number of rotatable bonds is 6. The van der Waals surface area contributed by atoms with E-state index in [-0.39, 0.29) is 11.1 Å². The lowest BCUT2D eigenvalue weighted by Crippen LogP contribution is -2.36. The Balaban J connectivity index is 3.16. The maximum atomic E-state index is 11.2. The van der Waals surface area contributed by atoms with Crippen molar-refractivity contribution < 1.29 is 9.90 Å². The molecule has 0 bridgehead atoms. The Hall–Kier alpha value is -1.58. The van der Waals surface area contributed by atoms with Crippen LogP contribution in [0.4, 0.5) is 5.69 Å². The quantitative estimate of drug-likeness (QED) is 0.811. The highest BCUT2D eigenvalue weighted by Crippen LogP contribution is 2.27. The zero-order valence-corrected chi connectivity index (χ0v) is 11.6. The number of carboxylic acids is 1. The molecule has 100 valence electrons. The third-order valence-corrected chi connectivity index (χ3v) is 3.70. The fourth-order valence-electron chi connectivity index (χ4n) is 2.13. The van der Waals surface area contributed by atoms with E-state index >= 15 is 0 Å². The van der Waals surface area contributed by atoms with Gasteiger partial charge < -0.3 is 10.4 Å². The summed E-state index contributed by atoms with van der Waals surface area (Å²) in [6, 6.07) is 1.80. The molecule has 0 amide bonds. The monoisotopic (exact) mass is 250 g/mol. The minimum absolute atomic E-state index is 0.0437. The second kappa shape index (κ2) is 5.85. The Labute approximate surface area is 108 Å². The molecule has 18 heavy (non-hydrogen) atoms. The van der Waals surface area contributed by atoms with Crippen molar-refractivity contribution in [1.29, 1.82) is 0 Å². The molecule has 4 nitrogen and oxygen atoms in total. The van der Waals surface area contributed by atoms with Crippen molar-refractivity contribution in [3.63, 3.8) is 0 Å². The van der Waals surface area contributed by atoms with Gasteiger partial charge in [0.05, 0.1) is 5.69 Å². The van der Waals surface area contributed by atoms with Crippen LogP contribution in [0.15, 0.2) is 12.3 Å². The van der Waals surface area contributed by atoms with E-state index in [1.54, 1.807) is 6.07 Å². The van der Waals surface area contributed by atoms with Crippen molar-refractivity contribution in [3.05, 3.63) is 23.5 Å². The number of hydrogen-bond acceptors (Lipinski definition) is 3. The van der Waals surface area contributed by atoms with Crippen LogP contribution in [0.2, 0.25) is 0 Å². The van der Waals surface area contributed by atoms with Gasteiger partial charge in [0.2, 0.25) is 0 Å². The normalized spacial score (nSPS) is 11.3. The molecule has 1 aromatic heterocycles. The van der Waals surface area contributed by atoms with Crippen LogP contribution in [0.25, 0.3) is 0 Å². The van der Waals surface area contributed by atoms with Crippen LogP contribution < -0.4 is 5.32 Å². The molecule has 0 spiro atoms. The van der Waals surface area contributed by atoms with E-state index in [1.165, 1.54) is 6.20 Å². The summed E-state index contributed by atoms with van der Waals surface area (Å²) in [7, 11) is 0. The third-order valence-electron chi connectivity index (χ3n) is 3.70. The summed E-state index contributed by atoms with van der Waals surface area (Å²) in [6.45, 7) is 8.22. The van der Waals surface area contributed by atoms with E-state index < -0.39 is 5.97 Å². The molecule has 1 rings (SSSR count). The van der Waals surface area contributed by atoms with Crippen molar-refractivity contribution in [1.82, 2.24) is 4.98 Å². The van der Waals surface area contributed by atoms with Crippen LogP contribution in [0.5, 0.6) is 0 Å². The number of nitrogens with one attached hydrogen (secondary N) is 1. The van der Waals surface area contributed by atoms with Crippen LogP contribution in [0, 0.1) is 6.92 Å². The van der Waals surface area contributed by atoms with Crippen molar-refractivity contribution in [3.8, 4) is 0 Å². The molecule has 0 atom stereocenters. The number of pyridine rings is 1. The summed E-state index contributed by atoms with van der Waals surface area (Å²) in [5.41, 5.74) is 1.68. The number of nitrogens with zero attached hydrogens (tertiary/aromatic N) is 1. The Morgan fingerprint density at radius 3 is 2.33 bits per heavy atom. The summed E-state index contributed by atoms with van der Waals surface area (Å²) in [4.78, 5) is 15.3. The van der Waals surface area contributed by atoms with Crippen molar-refractivity contribution in [2.45, 2.75) is 52.5 Å². The lowest BCUT2D eigenvalue weighted by molar-refractivity contribution is 0.0697. The summed E-state index contributed by atoms with van der Waals surface area (Å²) in [6.07, 6.45) is 4.30. The van der Waals surface area contributed by atoms with E-state index in [1.807, 2.05) is 6.92 Å². The number of carboxylic acid groups (broad SMARTS) is 1. The molecule has 0 saturated carbocycles. The highest BCUT2D eigenvalue weighted by Gasteiger charge is 2.25. The smallest absolute Gasteiger partial charge is 0.339 e. The van der Waals surface area contributed by atoms with Gasteiger partial charge in [-0.2, -0.15) is 0 Å². The predicted molar refractivity (Wildman–Crippen MR) is 73.2 cm³/mol. The maximum Gasteiger partial charge on any atom is 0.339 e. The van der Waals surface area contributed by atoms with Gasteiger partial charge in [-0.3, -0.25) is 4.98 Å². The SMILES string of the molecule is CCC(CC)(CC)Nc1cc(C)ncc1C(=O)O. The van der Waals surface area contributed by atoms with Gasteiger partial charge in [-0.15, -0.1) is 0 Å². The van der Waals surface area contributed by atoms with Crippen LogP contribution in [0.1, 0.15) is 56.1 Å². The number of aromatic carboxylic acids is 1. The Morgan fingerprint density at radius 2 is 1.89 bits per heavy atom. The van der Waals surface area contributed by atoms with Gasteiger partial charge in [0.1, 0.15) is 5.56 Å². The molecule has 0 radical (unpaired) electrons. The lowest BCUT2D eigenvalue weighted by Gasteiger charge is -2.33. The van der Waals surface area contributed by atoms with E-state index in [0.717, 1.165) is 25.0 Å². The van der Waals surface area contributed by atoms with E-state index in [9.17, 15) is 9.90 Å². The van der Waals surface area contributed by atoms with E-state index in [2.05, 4.69) is 31.1 Å². The predicted octanol–water partition coefficient (Wildman–Crippen LogP) is 3.47. The van der Waals surface area contributed by atoms with Gasteiger partial charge in [0, 0.05) is 17.4 Å². The van der Waals surface area contributed by atoms with Gasteiger partial charge in [-0.05, 0) is 32.3 Å². The van der Waals surface area contributed by atoms with Gasteiger partial charge in [0.15, 0.2) is 0 Å². The molecular weight excluding hydrogens is 228 g/mol. The first-order chi connectivity index (χ1) is 8.48. The molecule has 0 unspecified atom stereocenters. The minimum atomic E-state index is -0.942. The first-order valence-electron chi connectivity index (χ1n) is 6.46. The average Bonchev–Trinajstić information content (AvgIpc) is 2.36. The molecule has 0 aliphatic carbocycles. The average molecular weight is 250 g/mol. The Bertz CT molecular complexity index is 418. The maximum absolute atomic E-state index is 11.2. The Kier molecular flexibility index (Phi) is 4.70. The largest absolute Gasteiger partial charge is 0.478 e. The first kappa shape index (κ1) is 14.5. The fraction of sp³-hybridized carbons (Fsp3) is 0.571. The second-order valence-electron chi connectivity index (χ2n) is 4.64. The molecule has 4 heteroatoms. The Morgan fingerprint density at radius 1 is 1.33 bits per heavy atom. The van der Waals surface area contributed by atoms with Crippen molar-refractivity contribution >= 4 is 11.7 Å². The highest BCUT2D eigenvalue weighted by molar-refractivity contribution is 5.94. The molecule has 1 heterocycles. The van der Waals surface area contributed by atoms with Crippen molar-refractivity contribution in [2.24, 2.45) is 0 Å². The number of hydrogen-bond donors (Lipinski definition) is 2. The van der Waals surface area contributed by atoms with Crippen LogP contribution >= 0.6 is 0 Å². The lowest BCUT2D eigenvalue weighted by atomic mass is 9.89. The zero-order chi connectivity index (χ0) is 13.8. The summed E-state index contributed by atoms with van der Waals surface area (Å²) in [5.74, 6) is -0.942. The molecular formula is C14H22N2O2.